The van der Waals surface area contributed by atoms with E-state index >= 15 is 0 Å². The number of sulfonamides is 1. The molecule has 0 radical (unpaired) electrons. The Labute approximate surface area is 205 Å². The van der Waals surface area contributed by atoms with Crippen molar-refractivity contribution in [3.05, 3.63) is 77.3 Å². The van der Waals surface area contributed by atoms with Crippen LogP contribution in [0.1, 0.15) is 19.4 Å². The second-order valence-electron chi connectivity index (χ2n) is 7.89. The van der Waals surface area contributed by atoms with E-state index in [1.807, 2.05) is 20.8 Å². The molecule has 0 aliphatic rings. The van der Waals surface area contributed by atoms with E-state index in [9.17, 15) is 13.2 Å². The third-order valence-corrected chi connectivity index (χ3v) is 6.89. The lowest BCUT2D eigenvalue weighted by molar-refractivity contribution is -0.114. The van der Waals surface area contributed by atoms with Crippen LogP contribution in [0.25, 0.3) is 0 Å². The molecule has 1 amide bonds. The van der Waals surface area contributed by atoms with E-state index in [1.54, 1.807) is 48.5 Å². The Balaban J connectivity index is 1.93. The molecule has 3 rings (SSSR count). The molecule has 0 bridgehead atoms. The molecule has 3 aromatic rings. The SMILES string of the molecule is COc1ccc(N(CC(=O)Nc2cccc(OC(C)C)c2)S(=O)(=O)c2ccc(C)cc2)cc1Cl. The highest BCUT2D eigenvalue weighted by Gasteiger charge is 2.28. The van der Waals surface area contributed by atoms with E-state index in [-0.39, 0.29) is 21.7 Å². The number of amides is 1. The monoisotopic (exact) mass is 502 g/mol. The summed E-state index contributed by atoms with van der Waals surface area (Å²) in [6.45, 7) is 5.20. The van der Waals surface area contributed by atoms with Gasteiger partial charge in [0.05, 0.1) is 28.8 Å². The van der Waals surface area contributed by atoms with Crippen molar-refractivity contribution < 1.29 is 22.7 Å². The maximum atomic E-state index is 13.5. The summed E-state index contributed by atoms with van der Waals surface area (Å²) in [5.74, 6) is 0.465. The van der Waals surface area contributed by atoms with Crippen molar-refractivity contribution in [3.63, 3.8) is 0 Å². The van der Waals surface area contributed by atoms with Gasteiger partial charge in [0.2, 0.25) is 5.91 Å². The van der Waals surface area contributed by atoms with Gasteiger partial charge in [-0.1, -0.05) is 35.4 Å². The fraction of sp³-hybridized carbons (Fsp3) is 0.240. The zero-order valence-corrected chi connectivity index (χ0v) is 21.0. The zero-order valence-electron chi connectivity index (χ0n) is 19.4. The fourth-order valence-corrected chi connectivity index (χ4v) is 4.88. The molecular weight excluding hydrogens is 476 g/mol. The molecule has 0 unspecified atom stereocenters. The summed E-state index contributed by atoms with van der Waals surface area (Å²) in [6, 6.07) is 17.9. The maximum Gasteiger partial charge on any atom is 0.264 e. The lowest BCUT2D eigenvalue weighted by atomic mass is 10.2. The number of ether oxygens (including phenoxy) is 2. The molecule has 3 aromatic carbocycles. The van der Waals surface area contributed by atoms with Gasteiger partial charge in [-0.05, 0) is 63.2 Å². The molecule has 0 atom stereocenters. The molecule has 0 spiro atoms. The van der Waals surface area contributed by atoms with E-state index < -0.39 is 22.5 Å². The smallest absolute Gasteiger partial charge is 0.264 e. The van der Waals surface area contributed by atoms with Crippen molar-refractivity contribution in [2.75, 3.05) is 23.3 Å². The standard InChI is InChI=1S/C25H27ClN2O5S/c1-17(2)33-21-7-5-6-19(14-21)27-25(29)16-28(20-10-13-24(32-4)23(26)15-20)34(30,31)22-11-8-18(3)9-12-22/h5-15,17H,16H2,1-4H3,(H,27,29). The molecule has 34 heavy (non-hydrogen) atoms. The predicted octanol–water partition coefficient (Wildman–Crippen LogP) is 5.28. The predicted molar refractivity (Wildman–Crippen MR) is 135 cm³/mol. The Hall–Kier alpha value is -3.23. The van der Waals surface area contributed by atoms with Crippen LogP contribution in [0.3, 0.4) is 0 Å². The molecule has 0 aliphatic carbocycles. The number of hydrogen-bond acceptors (Lipinski definition) is 5. The molecule has 0 aliphatic heterocycles. The molecular formula is C25H27ClN2O5S. The topological polar surface area (TPSA) is 84.9 Å². The normalized spacial score (nSPS) is 11.2. The van der Waals surface area contributed by atoms with Crippen LogP contribution in [-0.4, -0.2) is 34.1 Å². The molecule has 0 saturated carbocycles. The van der Waals surface area contributed by atoms with Crippen molar-refractivity contribution in [2.45, 2.75) is 31.8 Å². The molecule has 180 valence electrons. The highest BCUT2D eigenvalue weighted by Crippen LogP contribution is 2.32. The summed E-state index contributed by atoms with van der Waals surface area (Å²) >= 11 is 6.25. The number of carbonyl (C=O) groups is 1. The number of anilines is 2. The Morgan fingerprint density at radius 3 is 2.38 bits per heavy atom. The minimum absolute atomic E-state index is 0.0269. The molecule has 7 nitrogen and oxygen atoms in total. The summed E-state index contributed by atoms with van der Waals surface area (Å²) in [6.07, 6.45) is -0.0269. The average molecular weight is 503 g/mol. The molecule has 9 heteroatoms. The quantitative estimate of drug-likeness (QED) is 0.430. The first kappa shape index (κ1) is 25.4. The summed E-state index contributed by atoms with van der Waals surface area (Å²) in [5.41, 5.74) is 1.64. The van der Waals surface area contributed by atoms with E-state index in [0.29, 0.717) is 17.2 Å². The Morgan fingerprint density at radius 2 is 1.76 bits per heavy atom. The van der Waals surface area contributed by atoms with Crippen molar-refractivity contribution in [2.24, 2.45) is 0 Å². The van der Waals surface area contributed by atoms with E-state index in [1.165, 1.54) is 25.3 Å². The van der Waals surface area contributed by atoms with Crippen LogP contribution in [0.4, 0.5) is 11.4 Å². The second-order valence-corrected chi connectivity index (χ2v) is 10.2. The third-order valence-electron chi connectivity index (χ3n) is 4.81. The van der Waals surface area contributed by atoms with E-state index in [2.05, 4.69) is 5.32 Å². The lowest BCUT2D eigenvalue weighted by Gasteiger charge is -2.25. The number of nitrogens with zero attached hydrogens (tertiary/aromatic N) is 1. The molecule has 0 heterocycles. The van der Waals surface area contributed by atoms with Crippen molar-refractivity contribution in [1.82, 2.24) is 0 Å². The van der Waals surface area contributed by atoms with Gasteiger partial charge < -0.3 is 14.8 Å². The van der Waals surface area contributed by atoms with Crippen LogP contribution >= 0.6 is 11.6 Å². The summed E-state index contributed by atoms with van der Waals surface area (Å²) < 4.78 is 38.9. The maximum absolute atomic E-state index is 13.5. The summed E-state index contributed by atoms with van der Waals surface area (Å²) in [7, 11) is -2.61. The first-order valence-corrected chi connectivity index (χ1v) is 12.4. The van der Waals surface area contributed by atoms with Crippen molar-refractivity contribution >= 4 is 38.9 Å². The van der Waals surface area contributed by atoms with Gasteiger partial charge in [0.15, 0.2) is 0 Å². The number of halogens is 1. The highest BCUT2D eigenvalue weighted by atomic mass is 35.5. The van der Waals surface area contributed by atoms with E-state index in [4.69, 9.17) is 21.1 Å². The minimum atomic E-state index is -4.07. The van der Waals surface area contributed by atoms with Crippen molar-refractivity contribution in [1.29, 1.82) is 0 Å². The van der Waals surface area contributed by atoms with Gasteiger partial charge in [0.1, 0.15) is 18.0 Å². The number of nitrogens with one attached hydrogen (secondary N) is 1. The number of rotatable bonds is 9. The van der Waals surface area contributed by atoms with Gasteiger partial charge in [-0.25, -0.2) is 8.42 Å². The van der Waals surface area contributed by atoms with Crippen LogP contribution in [0.2, 0.25) is 5.02 Å². The zero-order chi connectivity index (χ0) is 24.9. The van der Waals surface area contributed by atoms with Crippen molar-refractivity contribution in [3.8, 4) is 11.5 Å². The van der Waals surface area contributed by atoms with Gasteiger partial charge in [-0.15, -0.1) is 0 Å². The van der Waals surface area contributed by atoms with Crippen LogP contribution in [0.15, 0.2) is 71.6 Å². The van der Waals surface area contributed by atoms with Gasteiger partial charge in [-0.2, -0.15) is 0 Å². The molecule has 0 fully saturated rings. The van der Waals surface area contributed by atoms with Gasteiger partial charge in [0.25, 0.3) is 10.0 Å². The van der Waals surface area contributed by atoms with Crippen LogP contribution < -0.4 is 19.1 Å². The minimum Gasteiger partial charge on any atom is -0.495 e. The number of aryl methyl sites for hydroxylation is 1. The number of benzene rings is 3. The van der Waals surface area contributed by atoms with E-state index in [0.717, 1.165) is 9.87 Å². The Bertz CT molecular complexity index is 1260. The molecule has 0 saturated heterocycles. The summed E-state index contributed by atoms with van der Waals surface area (Å²) in [5, 5.41) is 2.97. The number of methoxy groups -OCH3 is 1. The van der Waals surface area contributed by atoms with Gasteiger partial charge in [-0.3, -0.25) is 9.10 Å². The van der Waals surface area contributed by atoms with Crippen LogP contribution in [0, 0.1) is 6.92 Å². The lowest BCUT2D eigenvalue weighted by Crippen LogP contribution is -2.38. The first-order valence-electron chi connectivity index (χ1n) is 10.6. The average Bonchev–Trinajstić information content (AvgIpc) is 2.77. The largest absolute Gasteiger partial charge is 0.495 e. The Morgan fingerprint density at radius 1 is 1.06 bits per heavy atom. The molecule has 1 N–H and O–H groups in total. The molecule has 0 aromatic heterocycles. The third kappa shape index (κ3) is 6.21. The van der Waals surface area contributed by atoms with Crippen LogP contribution in [-0.2, 0) is 14.8 Å². The second kappa shape index (κ2) is 10.8. The Kier molecular flexibility index (Phi) is 8.06. The van der Waals surface area contributed by atoms with Gasteiger partial charge in [0, 0.05) is 11.8 Å². The number of carbonyl (C=O) groups excluding carboxylic acids is 1. The summed E-state index contributed by atoms with van der Waals surface area (Å²) in [4.78, 5) is 13.0. The number of hydrogen-bond donors (Lipinski definition) is 1. The fourth-order valence-electron chi connectivity index (χ4n) is 3.21. The first-order chi connectivity index (χ1) is 16.1. The highest BCUT2D eigenvalue weighted by molar-refractivity contribution is 7.92. The van der Waals surface area contributed by atoms with Crippen LogP contribution in [0.5, 0.6) is 11.5 Å². The van der Waals surface area contributed by atoms with Gasteiger partial charge >= 0.3 is 0 Å².